The lowest BCUT2D eigenvalue weighted by Crippen LogP contribution is -2.42. The largest absolute Gasteiger partial charge is 0.408 e. The van der Waals surface area contributed by atoms with Gasteiger partial charge in [0.1, 0.15) is 5.69 Å². The zero-order valence-corrected chi connectivity index (χ0v) is 19.4. The van der Waals surface area contributed by atoms with Crippen LogP contribution in [0, 0.1) is 0 Å². The van der Waals surface area contributed by atoms with Gasteiger partial charge in [0.05, 0.1) is 25.3 Å². The standard InChI is InChI=1S/C19H35N7OSi/c1-19(2,3)28(6,7)27-16(12-23-24-20)17-18(22-13-25(4)5)26(14-21-17)15-10-8-9-11-15/h13-16H,8-12H2,1-7H3/b22-13+. The second-order valence-electron chi connectivity index (χ2n) is 9.29. The fourth-order valence-electron chi connectivity index (χ4n) is 3.17. The number of rotatable bonds is 8. The molecule has 0 aliphatic heterocycles. The van der Waals surface area contributed by atoms with Crippen LogP contribution < -0.4 is 0 Å². The smallest absolute Gasteiger partial charge is 0.192 e. The van der Waals surface area contributed by atoms with Crippen LogP contribution in [0.5, 0.6) is 0 Å². The summed E-state index contributed by atoms with van der Waals surface area (Å²) in [5, 5.41) is 3.87. The third-order valence-electron chi connectivity index (χ3n) is 5.78. The SMILES string of the molecule is CN(C)/C=N/c1c(C(CN=[N+]=[N-])O[Si](C)(C)C(C)(C)C)ncn1C1CCCC1. The van der Waals surface area contributed by atoms with Gasteiger partial charge in [-0.2, -0.15) is 0 Å². The van der Waals surface area contributed by atoms with E-state index in [-0.39, 0.29) is 11.6 Å². The quantitative estimate of drug-likeness (QED) is 0.141. The minimum atomic E-state index is -2.09. The first-order valence-corrected chi connectivity index (χ1v) is 12.9. The molecule has 156 valence electrons. The maximum Gasteiger partial charge on any atom is 0.192 e. The highest BCUT2D eigenvalue weighted by molar-refractivity contribution is 6.74. The van der Waals surface area contributed by atoms with Crippen molar-refractivity contribution in [3.05, 3.63) is 22.5 Å². The Balaban J connectivity index is 2.47. The van der Waals surface area contributed by atoms with E-state index in [1.54, 1.807) is 6.34 Å². The monoisotopic (exact) mass is 405 g/mol. The first-order chi connectivity index (χ1) is 13.1. The van der Waals surface area contributed by atoms with E-state index in [4.69, 9.17) is 19.9 Å². The molecule has 8 nitrogen and oxygen atoms in total. The van der Waals surface area contributed by atoms with Gasteiger partial charge in [-0.15, -0.1) is 0 Å². The van der Waals surface area contributed by atoms with Crippen molar-refractivity contribution in [2.75, 3.05) is 20.6 Å². The molecule has 1 aliphatic rings. The van der Waals surface area contributed by atoms with Crippen LogP contribution in [0.3, 0.4) is 0 Å². The van der Waals surface area contributed by atoms with E-state index in [9.17, 15) is 0 Å². The van der Waals surface area contributed by atoms with E-state index in [1.807, 2.05) is 25.3 Å². The molecule has 1 unspecified atom stereocenters. The predicted molar refractivity (Wildman–Crippen MR) is 117 cm³/mol. The zero-order chi connectivity index (χ0) is 20.9. The van der Waals surface area contributed by atoms with Crippen molar-refractivity contribution in [2.45, 2.75) is 76.7 Å². The normalized spacial score (nSPS) is 17.1. The minimum absolute atomic E-state index is 0.0443. The number of aromatic nitrogens is 2. The van der Waals surface area contributed by atoms with Crippen molar-refractivity contribution in [3.63, 3.8) is 0 Å². The van der Waals surface area contributed by atoms with Crippen LogP contribution in [-0.4, -0.2) is 49.7 Å². The fourth-order valence-corrected chi connectivity index (χ4v) is 4.42. The highest BCUT2D eigenvalue weighted by Gasteiger charge is 2.40. The van der Waals surface area contributed by atoms with Gasteiger partial charge in [-0.05, 0) is 36.5 Å². The first kappa shape index (κ1) is 22.5. The minimum Gasteiger partial charge on any atom is -0.408 e. The van der Waals surface area contributed by atoms with Crippen LogP contribution in [0.2, 0.25) is 18.1 Å². The molecule has 1 aromatic rings. The molecule has 0 radical (unpaired) electrons. The molecule has 1 atom stereocenters. The second kappa shape index (κ2) is 9.11. The van der Waals surface area contributed by atoms with Crippen molar-refractivity contribution >= 4 is 20.5 Å². The molecule has 9 heteroatoms. The highest BCUT2D eigenvalue weighted by atomic mass is 28.4. The molecule has 0 saturated heterocycles. The van der Waals surface area contributed by atoms with Crippen LogP contribution in [-0.2, 0) is 4.43 Å². The van der Waals surface area contributed by atoms with E-state index in [0.717, 1.165) is 24.4 Å². The van der Waals surface area contributed by atoms with Gasteiger partial charge in [0.25, 0.3) is 0 Å². The lowest BCUT2D eigenvalue weighted by Gasteiger charge is -2.38. The predicted octanol–water partition coefficient (Wildman–Crippen LogP) is 5.59. The van der Waals surface area contributed by atoms with Gasteiger partial charge in [-0.3, -0.25) is 0 Å². The first-order valence-electron chi connectivity index (χ1n) is 10.0. The Hall–Kier alpha value is -1.83. The Morgan fingerprint density at radius 2 is 2.04 bits per heavy atom. The van der Waals surface area contributed by atoms with Gasteiger partial charge >= 0.3 is 0 Å². The molecule has 0 amide bonds. The van der Waals surface area contributed by atoms with Crippen molar-refractivity contribution in [2.24, 2.45) is 10.1 Å². The molecule has 2 rings (SSSR count). The molecule has 1 fully saturated rings. The van der Waals surface area contributed by atoms with E-state index in [1.165, 1.54) is 12.8 Å². The maximum absolute atomic E-state index is 8.90. The van der Waals surface area contributed by atoms with Gasteiger partial charge in [-0.25, -0.2) is 9.98 Å². The van der Waals surface area contributed by atoms with Crippen molar-refractivity contribution < 1.29 is 4.43 Å². The Bertz CT molecular complexity index is 723. The second-order valence-corrected chi connectivity index (χ2v) is 14.0. The van der Waals surface area contributed by atoms with Crippen LogP contribution in [0.1, 0.15) is 64.3 Å². The molecule has 0 spiro atoms. The van der Waals surface area contributed by atoms with Crippen LogP contribution in [0.25, 0.3) is 10.4 Å². The Morgan fingerprint density at radius 1 is 1.39 bits per heavy atom. The molecular formula is C19H35N7OSi. The summed E-state index contributed by atoms with van der Waals surface area (Å²) in [6, 6.07) is 0.420. The van der Waals surface area contributed by atoms with Crippen molar-refractivity contribution in [1.82, 2.24) is 14.5 Å². The van der Waals surface area contributed by atoms with E-state index < -0.39 is 14.4 Å². The van der Waals surface area contributed by atoms with E-state index in [0.29, 0.717) is 6.04 Å². The highest BCUT2D eigenvalue weighted by Crippen LogP contribution is 2.42. The summed E-state index contributed by atoms with van der Waals surface area (Å²) >= 11 is 0. The van der Waals surface area contributed by atoms with Crippen LogP contribution in [0.4, 0.5) is 5.82 Å². The van der Waals surface area contributed by atoms with Gasteiger partial charge in [0, 0.05) is 25.0 Å². The molecule has 28 heavy (non-hydrogen) atoms. The molecule has 0 bridgehead atoms. The number of hydrogen-bond donors (Lipinski definition) is 0. The molecular weight excluding hydrogens is 370 g/mol. The van der Waals surface area contributed by atoms with E-state index in [2.05, 4.69) is 48.5 Å². The maximum atomic E-state index is 8.90. The lowest BCUT2D eigenvalue weighted by atomic mass is 10.2. The summed E-state index contributed by atoms with van der Waals surface area (Å²) < 4.78 is 8.81. The van der Waals surface area contributed by atoms with Crippen molar-refractivity contribution in [1.29, 1.82) is 0 Å². The van der Waals surface area contributed by atoms with Crippen molar-refractivity contribution in [3.8, 4) is 0 Å². The number of azide groups is 1. The molecule has 1 aromatic heterocycles. The molecule has 0 N–H and O–H groups in total. The fraction of sp³-hybridized carbons (Fsp3) is 0.789. The summed E-state index contributed by atoms with van der Waals surface area (Å²) in [7, 11) is 1.81. The molecule has 1 heterocycles. The summed E-state index contributed by atoms with van der Waals surface area (Å²) in [5.41, 5.74) is 9.66. The lowest BCUT2D eigenvalue weighted by molar-refractivity contribution is 0.188. The van der Waals surface area contributed by atoms with Gasteiger partial charge in [-0.1, -0.05) is 38.7 Å². The average molecular weight is 406 g/mol. The van der Waals surface area contributed by atoms with E-state index >= 15 is 0 Å². The summed E-state index contributed by atoms with van der Waals surface area (Å²) in [4.78, 5) is 14.3. The Kier molecular flexibility index (Phi) is 7.31. The van der Waals surface area contributed by atoms with Crippen LogP contribution >= 0.6 is 0 Å². The third kappa shape index (κ3) is 5.37. The number of aliphatic imine (C=N–C) groups is 1. The Labute approximate surface area is 169 Å². The number of nitrogens with zero attached hydrogens (tertiary/aromatic N) is 7. The summed E-state index contributed by atoms with van der Waals surface area (Å²) in [6.45, 7) is 11.2. The summed E-state index contributed by atoms with van der Waals surface area (Å²) in [5.74, 6) is 0.817. The Morgan fingerprint density at radius 3 is 2.57 bits per heavy atom. The zero-order valence-electron chi connectivity index (χ0n) is 18.4. The summed E-state index contributed by atoms with van der Waals surface area (Å²) in [6.07, 6.45) is 8.03. The molecule has 1 saturated carbocycles. The van der Waals surface area contributed by atoms with Gasteiger partial charge in [0.2, 0.25) is 0 Å². The number of imidazole rings is 1. The molecule has 0 aromatic carbocycles. The van der Waals surface area contributed by atoms with Crippen LogP contribution in [0.15, 0.2) is 16.4 Å². The van der Waals surface area contributed by atoms with Gasteiger partial charge in [0.15, 0.2) is 14.1 Å². The average Bonchev–Trinajstić information content (AvgIpc) is 3.24. The van der Waals surface area contributed by atoms with Gasteiger partial charge < -0.3 is 13.9 Å². The third-order valence-corrected chi connectivity index (χ3v) is 10.3. The topological polar surface area (TPSA) is 91.4 Å². The number of hydrogen-bond acceptors (Lipinski definition) is 4. The molecule has 1 aliphatic carbocycles.